The smallest absolute Gasteiger partial charge is 0.321 e. The van der Waals surface area contributed by atoms with Gasteiger partial charge in [-0.25, -0.2) is 4.79 Å². The predicted molar refractivity (Wildman–Crippen MR) is 134 cm³/mol. The minimum absolute atomic E-state index is 0.141. The summed E-state index contributed by atoms with van der Waals surface area (Å²) in [5.74, 6) is 2.05. The second-order valence-corrected chi connectivity index (χ2v) is 11.1. The lowest BCUT2D eigenvalue weighted by atomic mass is 9.69. The number of piperidine rings is 3. The Bertz CT molecular complexity index is 761. The molecule has 4 nitrogen and oxygen atoms in total. The maximum absolute atomic E-state index is 13.9. The third-order valence-electron chi connectivity index (χ3n) is 8.39. The first-order valence-corrected chi connectivity index (χ1v) is 13.4. The maximum atomic E-state index is 13.9. The molecule has 4 atom stereocenters. The molecule has 2 amide bonds. The summed E-state index contributed by atoms with van der Waals surface area (Å²) in [4.78, 5) is 19.0. The largest absolute Gasteiger partial charge is 0.322 e. The van der Waals surface area contributed by atoms with Crippen molar-refractivity contribution in [3.63, 3.8) is 0 Å². The zero-order valence-corrected chi connectivity index (χ0v) is 21.1. The molecule has 3 heterocycles. The Kier molecular flexibility index (Phi) is 7.49. The number of carbonyl (C=O) groups excluding carboxylic acids is 1. The highest BCUT2D eigenvalue weighted by Gasteiger charge is 2.49. The van der Waals surface area contributed by atoms with Gasteiger partial charge in [-0.3, -0.25) is 4.90 Å². The third-order valence-corrected chi connectivity index (χ3v) is 8.39. The van der Waals surface area contributed by atoms with Crippen LogP contribution in [0.15, 0.2) is 18.2 Å². The first-order valence-electron chi connectivity index (χ1n) is 13.4. The minimum atomic E-state index is 0.141. The predicted octanol–water partition coefficient (Wildman–Crippen LogP) is 6.83. The third kappa shape index (κ3) is 4.58. The summed E-state index contributed by atoms with van der Waals surface area (Å²) in [5.41, 5.74) is 3.57. The highest BCUT2D eigenvalue weighted by Crippen LogP contribution is 2.44. The molecule has 1 N–H and O–H groups in total. The van der Waals surface area contributed by atoms with Crippen LogP contribution in [0.3, 0.4) is 0 Å². The van der Waals surface area contributed by atoms with E-state index >= 15 is 0 Å². The van der Waals surface area contributed by atoms with Gasteiger partial charge in [-0.2, -0.15) is 0 Å². The van der Waals surface area contributed by atoms with Gasteiger partial charge in [0.05, 0.1) is 0 Å². The normalized spacial score (nSPS) is 28.2. The number of unbranched alkanes of at least 4 members (excludes halogenated alkanes) is 1. The zero-order chi connectivity index (χ0) is 22.8. The molecule has 178 valence electrons. The van der Waals surface area contributed by atoms with Crippen molar-refractivity contribution < 1.29 is 4.79 Å². The Balaban J connectivity index is 1.63. The summed E-state index contributed by atoms with van der Waals surface area (Å²) < 4.78 is 0. The zero-order valence-electron chi connectivity index (χ0n) is 21.1. The molecule has 3 fully saturated rings. The van der Waals surface area contributed by atoms with Gasteiger partial charge in [-0.05, 0) is 80.0 Å². The molecule has 0 aromatic heterocycles. The number of nitrogens with zero attached hydrogens (tertiary/aromatic N) is 2. The van der Waals surface area contributed by atoms with Gasteiger partial charge in [0.15, 0.2) is 0 Å². The van der Waals surface area contributed by atoms with Crippen molar-refractivity contribution in [1.29, 1.82) is 0 Å². The minimum Gasteiger partial charge on any atom is -0.321 e. The number of nitrogens with one attached hydrogen (secondary N) is 1. The van der Waals surface area contributed by atoms with Crippen molar-refractivity contribution in [2.45, 2.75) is 103 Å². The van der Waals surface area contributed by atoms with E-state index in [0.717, 1.165) is 18.7 Å². The van der Waals surface area contributed by atoms with Gasteiger partial charge in [-0.15, -0.1) is 0 Å². The number of urea groups is 1. The van der Waals surface area contributed by atoms with Gasteiger partial charge in [0, 0.05) is 24.3 Å². The van der Waals surface area contributed by atoms with Crippen LogP contribution in [0.4, 0.5) is 10.5 Å². The summed E-state index contributed by atoms with van der Waals surface area (Å²) in [6.07, 6.45) is 8.70. The van der Waals surface area contributed by atoms with Gasteiger partial charge in [0.25, 0.3) is 0 Å². The highest BCUT2D eigenvalue weighted by atomic mass is 16.2. The topological polar surface area (TPSA) is 35.6 Å². The van der Waals surface area contributed by atoms with E-state index in [0.29, 0.717) is 35.8 Å². The first kappa shape index (κ1) is 23.6. The second-order valence-electron chi connectivity index (χ2n) is 11.1. The van der Waals surface area contributed by atoms with Crippen LogP contribution in [0.5, 0.6) is 0 Å². The van der Waals surface area contributed by atoms with Crippen LogP contribution in [0.2, 0.25) is 0 Å². The summed E-state index contributed by atoms with van der Waals surface area (Å²) in [6.45, 7) is 14.6. The molecule has 0 aliphatic carbocycles. The fourth-order valence-corrected chi connectivity index (χ4v) is 6.89. The fraction of sp³-hybridized carbons (Fsp3) is 0.750. The molecule has 0 spiro atoms. The van der Waals surface area contributed by atoms with Gasteiger partial charge in [0.2, 0.25) is 0 Å². The Morgan fingerprint density at radius 2 is 1.72 bits per heavy atom. The molecule has 0 unspecified atom stereocenters. The number of rotatable bonds is 6. The summed E-state index contributed by atoms with van der Waals surface area (Å²) >= 11 is 0. The molecular formula is C28H45N3O. The summed E-state index contributed by atoms with van der Waals surface area (Å²) in [7, 11) is 0. The van der Waals surface area contributed by atoms with Crippen LogP contribution in [0.1, 0.15) is 103 Å². The monoisotopic (exact) mass is 439 g/mol. The summed E-state index contributed by atoms with van der Waals surface area (Å²) in [5, 5.41) is 3.46. The highest BCUT2D eigenvalue weighted by molar-refractivity contribution is 5.92. The maximum Gasteiger partial charge on any atom is 0.322 e. The molecule has 0 radical (unpaired) electrons. The molecule has 32 heavy (non-hydrogen) atoms. The number of likely N-dealkylation sites (tertiary alicyclic amines) is 1. The van der Waals surface area contributed by atoms with Crippen molar-refractivity contribution in [3.8, 4) is 0 Å². The Morgan fingerprint density at radius 1 is 1.06 bits per heavy atom. The number of amides is 2. The number of anilines is 1. The molecule has 4 heteroatoms. The average molecular weight is 440 g/mol. The molecular weight excluding hydrogens is 394 g/mol. The van der Waals surface area contributed by atoms with Gasteiger partial charge >= 0.3 is 6.03 Å². The average Bonchev–Trinajstić information content (AvgIpc) is 2.78. The number of hydrogen-bond donors (Lipinski definition) is 1. The standard InChI is InChI=1S/C28H45N3O/c1-6-7-15-25-24-14-10-17-30-16-9-11-21(27(24)30)18-31(25)28(32)29-26-22(19(2)3)12-8-13-23(26)20(4)5/h8,12-13,19-21,24-25,27H,6-7,9-11,14-18H2,1-5H3,(H,29,32)/t21-,24+,25+,27-/m0/s1. The van der Waals surface area contributed by atoms with Crippen LogP contribution in [0.25, 0.3) is 0 Å². The van der Waals surface area contributed by atoms with E-state index in [2.05, 4.69) is 67.9 Å². The van der Waals surface area contributed by atoms with Crippen LogP contribution < -0.4 is 5.32 Å². The number of para-hydroxylation sites is 1. The van der Waals surface area contributed by atoms with E-state index in [1.54, 1.807) is 0 Å². The van der Waals surface area contributed by atoms with Crippen molar-refractivity contribution in [3.05, 3.63) is 29.3 Å². The first-order chi connectivity index (χ1) is 15.4. The fourth-order valence-electron chi connectivity index (χ4n) is 6.89. The van der Waals surface area contributed by atoms with Crippen LogP contribution in [-0.2, 0) is 0 Å². The molecule has 0 saturated carbocycles. The van der Waals surface area contributed by atoms with E-state index in [9.17, 15) is 4.79 Å². The van der Waals surface area contributed by atoms with Crippen LogP contribution >= 0.6 is 0 Å². The van der Waals surface area contributed by atoms with Gasteiger partial charge < -0.3 is 10.2 Å². The van der Waals surface area contributed by atoms with Crippen molar-refractivity contribution >= 4 is 11.7 Å². The van der Waals surface area contributed by atoms with Crippen LogP contribution in [0, 0.1) is 11.8 Å². The molecule has 0 bridgehead atoms. The molecule has 4 rings (SSSR count). The molecule has 3 saturated heterocycles. The molecule has 1 aromatic rings. The van der Waals surface area contributed by atoms with E-state index in [-0.39, 0.29) is 6.03 Å². The van der Waals surface area contributed by atoms with Crippen molar-refractivity contribution in [2.75, 3.05) is 25.0 Å². The SMILES string of the molecule is CCCC[C@@H]1[C@H]2CCCN3CCC[C@@H](CN1C(=O)Nc1c(C(C)C)cccc1C(C)C)[C@@H]23. The lowest BCUT2D eigenvalue weighted by Gasteiger charge is -2.57. The number of benzene rings is 1. The van der Waals surface area contributed by atoms with Crippen molar-refractivity contribution in [1.82, 2.24) is 9.80 Å². The van der Waals surface area contributed by atoms with E-state index in [1.807, 2.05) is 0 Å². The van der Waals surface area contributed by atoms with E-state index < -0.39 is 0 Å². The molecule has 3 aliphatic heterocycles. The van der Waals surface area contributed by atoms with Crippen molar-refractivity contribution in [2.24, 2.45) is 11.8 Å². The van der Waals surface area contributed by atoms with Crippen LogP contribution in [-0.4, -0.2) is 47.5 Å². The van der Waals surface area contributed by atoms with E-state index in [4.69, 9.17) is 0 Å². The number of hydrogen-bond acceptors (Lipinski definition) is 2. The lowest BCUT2D eigenvalue weighted by Crippen LogP contribution is -2.66. The van der Waals surface area contributed by atoms with Gasteiger partial charge in [-0.1, -0.05) is 65.7 Å². The summed E-state index contributed by atoms with van der Waals surface area (Å²) in [6, 6.07) is 7.75. The van der Waals surface area contributed by atoms with E-state index in [1.165, 1.54) is 62.7 Å². The Labute approximate surface area is 196 Å². The Hall–Kier alpha value is -1.55. The quantitative estimate of drug-likeness (QED) is 0.527. The van der Waals surface area contributed by atoms with Gasteiger partial charge in [0.1, 0.15) is 0 Å². The molecule has 3 aliphatic rings. The molecule has 1 aromatic carbocycles. The Morgan fingerprint density at radius 3 is 2.34 bits per heavy atom. The lowest BCUT2D eigenvalue weighted by molar-refractivity contribution is -0.0617. The second kappa shape index (κ2) is 10.2. The number of carbonyl (C=O) groups is 1.